The summed E-state index contributed by atoms with van der Waals surface area (Å²) >= 11 is 0. The minimum atomic E-state index is 0. The van der Waals surface area contributed by atoms with Crippen molar-refractivity contribution in [3.63, 3.8) is 0 Å². The average molecular weight is 162 g/mol. The Kier molecular flexibility index (Phi) is 1.44. The summed E-state index contributed by atoms with van der Waals surface area (Å²) in [5, 5.41) is 3.56. The molecule has 58 valence electrons. The number of piperidine rings is 1. The summed E-state index contributed by atoms with van der Waals surface area (Å²) in [6.45, 7) is 0. The van der Waals surface area contributed by atoms with Gasteiger partial charge in [-0.2, -0.15) is 0 Å². The highest BCUT2D eigenvalue weighted by molar-refractivity contribution is 5.85. The van der Waals surface area contributed by atoms with Crippen molar-refractivity contribution in [3.8, 4) is 0 Å². The summed E-state index contributed by atoms with van der Waals surface area (Å²) in [4.78, 5) is 0. The molecule has 0 radical (unpaired) electrons. The first-order chi connectivity index (χ1) is 4.42. The van der Waals surface area contributed by atoms with Gasteiger partial charge in [-0.05, 0) is 19.3 Å². The first-order valence-corrected chi connectivity index (χ1v) is 3.83. The molecule has 1 N–H and O–H groups in total. The number of ether oxygens (including phenoxy) is 1. The predicted octanol–water partition coefficient (Wildman–Crippen LogP) is 0.700. The molecule has 0 amide bonds. The smallest absolute Gasteiger partial charge is 0.0747 e. The Hall–Kier alpha value is 0.210. The molecule has 4 saturated heterocycles. The van der Waals surface area contributed by atoms with E-state index in [0.29, 0.717) is 12.2 Å². The molecule has 4 aliphatic rings. The molecule has 2 nitrogen and oxygen atoms in total. The number of nitrogens with one attached hydrogen (secondary N) is 1. The van der Waals surface area contributed by atoms with Gasteiger partial charge >= 0.3 is 0 Å². The second kappa shape index (κ2) is 2.10. The third-order valence-corrected chi connectivity index (χ3v) is 2.85. The van der Waals surface area contributed by atoms with Gasteiger partial charge < -0.3 is 10.1 Å². The van der Waals surface area contributed by atoms with Crippen molar-refractivity contribution in [2.45, 2.75) is 43.6 Å². The van der Waals surface area contributed by atoms with Gasteiger partial charge in [-0.1, -0.05) is 0 Å². The lowest BCUT2D eigenvalue weighted by atomic mass is 10.0. The lowest BCUT2D eigenvalue weighted by Gasteiger charge is -2.24. The van der Waals surface area contributed by atoms with E-state index in [0.717, 1.165) is 12.1 Å². The second-order valence-electron chi connectivity index (χ2n) is 3.47. The van der Waals surface area contributed by atoms with Crippen LogP contribution in [0.1, 0.15) is 19.3 Å². The van der Waals surface area contributed by atoms with Crippen LogP contribution in [0, 0.1) is 0 Å². The molecule has 0 aromatic rings. The highest BCUT2D eigenvalue weighted by Gasteiger charge is 2.48. The lowest BCUT2D eigenvalue weighted by molar-refractivity contribution is 0.0114. The van der Waals surface area contributed by atoms with E-state index in [1.54, 1.807) is 0 Å². The fourth-order valence-corrected chi connectivity index (χ4v) is 2.51. The van der Waals surface area contributed by atoms with Crippen molar-refractivity contribution in [2.24, 2.45) is 0 Å². The van der Waals surface area contributed by atoms with Gasteiger partial charge in [0.05, 0.1) is 12.2 Å². The van der Waals surface area contributed by atoms with Crippen LogP contribution in [0.5, 0.6) is 0 Å². The van der Waals surface area contributed by atoms with Crippen molar-refractivity contribution < 1.29 is 4.74 Å². The molecular formula is C7H12ClNO. The zero-order valence-electron chi connectivity index (χ0n) is 5.75. The van der Waals surface area contributed by atoms with Crippen LogP contribution in [0.3, 0.4) is 0 Å². The summed E-state index contributed by atoms with van der Waals surface area (Å²) in [7, 11) is 0. The monoisotopic (exact) mass is 161 g/mol. The van der Waals surface area contributed by atoms with Crippen LogP contribution in [0.25, 0.3) is 0 Å². The van der Waals surface area contributed by atoms with Crippen LogP contribution in [-0.4, -0.2) is 24.3 Å². The molecule has 0 saturated carbocycles. The molecule has 4 rings (SSSR count). The van der Waals surface area contributed by atoms with Crippen LogP contribution in [0.2, 0.25) is 0 Å². The summed E-state index contributed by atoms with van der Waals surface area (Å²) in [6, 6.07) is 1.54. The van der Waals surface area contributed by atoms with Crippen molar-refractivity contribution in [1.82, 2.24) is 5.32 Å². The SMILES string of the molecule is C1C2CC3OC1CC3N2.Cl. The normalized spacial score (nSPS) is 55.2. The first-order valence-electron chi connectivity index (χ1n) is 3.83. The molecule has 4 aliphatic heterocycles. The summed E-state index contributed by atoms with van der Waals surface area (Å²) in [6.07, 6.45) is 5.05. The number of hydrogen-bond donors (Lipinski definition) is 1. The fraction of sp³-hybridized carbons (Fsp3) is 1.00. The van der Waals surface area contributed by atoms with E-state index in [-0.39, 0.29) is 12.4 Å². The Bertz CT molecular complexity index is 119. The van der Waals surface area contributed by atoms with E-state index in [1.807, 2.05) is 0 Å². The van der Waals surface area contributed by atoms with Crippen molar-refractivity contribution in [3.05, 3.63) is 0 Å². The molecule has 4 heterocycles. The van der Waals surface area contributed by atoms with Gasteiger partial charge in [-0.15, -0.1) is 12.4 Å². The van der Waals surface area contributed by atoms with E-state index in [4.69, 9.17) is 4.74 Å². The first kappa shape index (κ1) is 6.89. The van der Waals surface area contributed by atoms with Crippen LogP contribution >= 0.6 is 12.4 Å². The molecular weight excluding hydrogens is 150 g/mol. The molecule has 10 heavy (non-hydrogen) atoms. The van der Waals surface area contributed by atoms with Crippen molar-refractivity contribution >= 4 is 12.4 Å². The predicted molar refractivity (Wildman–Crippen MR) is 40.5 cm³/mol. The Balaban J connectivity index is 0.000000403. The topological polar surface area (TPSA) is 21.3 Å². The minimum Gasteiger partial charge on any atom is -0.373 e. The Labute approximate surface area is 66.7 Å². The molecule has 4 bridgehead atoms. The Morgan fingerprint density at radius 3 is 2.70 bits per heavy atom. The van der Waals surface area contributed by atoms with Gasteiger partial charge in [0.15, 0.2) is 0 Å². The second-order valence-corrected chi connectivity index (χ2v) is 3.47. The van der Waals surface area contributed by atoms with Crippen LogP contribution in [0.4, 0.5) is 0 Å². The number of rotatable bonds is 0. The molecule has 4 unspecified atom stereocenters. The zero-order valence-corrected chi connectivity index (χ0v) is 6.56. The Morgan fingerprint density at radius 2 is 2.10 bits per heavy atom. The van der Waals surface area contributed by atoms with Gasteiger partial charge in [0.2, 0.25) is 0 Å². The Morgan fingerprint density at radius 1 is 1.20 bits per heavy atom. The van der Waals surface area contributed by atoms with Crippen LogP contribution in [-0.2, 0) is 4.74 Å². The summed E-state index contributed by atoms with van der Waals surface area (Å²) in [5.41, 5.74) is 0. The average Bonchev–Trinajstić information content (AvgIpc) is 2.20. The van der Waals surface area contributed by atoms with E-state index in [1.165, 1.54) is 19.3 Å². The van der Waals surface area contributed by atoms with E-state index >= 15 is 0 Å². The van der Waals surface area contributed by atoms with Crippen LogP contribution < -0.4 is 5.32 Å². The molecule has 0 spiro atoms. The number of halogens is 1. The van der Waals surface area contributed by atoms with Crippen molar-refractivity contribution in [1.29, 1.82) is 0 Å². The summed E-state index contributed by atoms with van der Waals surface area (Å²) in [5.74, 6) is 0. The number of hydrogen-bond acceptors (Lipinski definition) is 2. The molecule has 0 aliphatic carbocycles. The molecule has 0 aromatic carbocycles. The molecule has 3 heteroatoms. The molecule has 4 fully saturated rings. The lowest BCUT2D eigenvalue weighted by Crippen LogP contribution is -2.37. The highest BCUT2D eigenvalue weighted by Crippen LogP contribution is 2.38. The van der Waals surface area contributed by atoms with E-state index in [2.05, 4.69) is 5.32 Å². The standard InChI is InChI=1S/C7H11NO.ClH/c1-4-2-7-6(8-4)3-5(1)9-7;/h4-8H,1-3H2;1H. The zero-order chi connectivity index (χ0) is 5.84. The molecule has 4 atom stereocenters. The van der Waals surface area contributed by atoms with E-state index in [9.17, 15) is 0 Å². The van der Waals surface area contributed by atoms with Gasteiger partial charge in [-0.3, -0.25) is 0 Å². The maximum absolute atomic E-state index is 5.69. The summed E-state index contributed by atoms with van der Waals surface area (Å²) < 4.78 is 5.69. The quantitative estimate of drug-likeness (QED) is 0.565. The maximum atomic E-state index is 5.69. The largest absolute Gasteiger partial charge is 0.373 e. The van der Waals surface area contributed by atoms with Gasteiger partial charge in [-0.25, -0.2) is 0 Å². The van der Waals surface area contributed by atoms with Crippen molar-refractivity contribution in [2.75, 3.05) is 0 Å². The minimum absolute atomic E-state index is 0. The maximum Gasteiger partial charge on any atom is 0.0747 e. The third-order valence-electron chi connectivity index (χ3n) is 2.85. The van der Waals surface area contributed by atoms with Crippen LogP contribution in [0.15, 0.2) is 0 Å². The fourth-order valence-electron chi connectivity index (χ4n) is 2.51. The highest BCUT2D eigenvalue weighted by atomic mass is 35.5. The van der Waals surface area contributed by atoms with Gasteiger partial charge in [0.25, 0.3) is 0 Å². The van der Waals surface area contributed by atoms with E-state index < -0.39 is 0 Å². The third kappa shape index (κ3) is 0.728. The molecule has 0 aromatic heterocycles. The van der Waals surface area contributed by atoms with Gasteiger partial charge in [0, 0.05) is 12.1 Å². The van der Waals surface area contributed by atoms with Gasteiger partial charge in [0.1, 0.15) is 0 Å².